The zero-order valence-corrected chi connectivity index (χ0v) is 14.3. The number of nitrogens with one attached hydrogen (secondary N) is 1. The highest BCUT2D eigenvalue weighted by Gasteiger charge is 2.12. The molecule has 1 amide bonds. The summed E-state index contributed by atoms with van der Waals surface area (Å²) < 4.78 is 17.8. The molecular formula is C18H14FN3O3S. The third-order valence-corrected chi connectivity index (χ3v) is 4.22. The topological polar surface area (TPSA) is 81.2 Å². The summed E-state index contributed by atoms with van der Waals surface area (Å²) in [7, 11) is 0. The lowest BCUT2D eigenvalue weighted by atomic mass is 10.3. The summed E-state index contributed by atoms with van der Waals surface area (Å²) in [4.78, 5) is 32.0. The van der Waals surface area contributed by atoms with Crippen LogP contribution in [-0.4, -0.2) is 28.5 Å². The lowest BCUT2D eigenvalue weighted by Gasteiger charge is -2.06. The van der Waals surface area contributed by atoms with Crippen molar-refractivity contribution in [2.75, 3.05) is 11.9 Å². The number of amides is 1. The fraction of sp³-hybridized carbons (Fsp3) is 0.111. The van der Waals surface area contributed by atoms with Gasteiger partial charge in [-0.25, -0.2) is 9.37 Å². The van der Waals surface area contributed by atoms with Gasteiger partial charge < -0.3 is 10.1 Å². The predicted octanol–water partition coefficient (Wildman–Crippen LogP) is 3.07. The van der Waals surface area contributed by atoms with Gasteiger partial charge in [0.2, 0.25) is 0 Å². The van der Waals surface area contributed by atoms with Crippen molar-refractivity contribution in [3.8, 4) is 10.6 Å². The number of esters is 1. The minimum atomic E-state index is -0.553. The molecule has 3 aromatic rings. The molecular weight excluding hydrogens is 357 g/mol. The molecule has 0 fully saturated rings. The first-order chi connectivity index (χ1) is 12.6. The van der Waals surface area contributed by atoms with Crippen LogP contribution >= 0.6 is 11.3 Å². The number of aromatic nitrogens is 2. The van der Waals surface area contributed by atoms with Crippen LogP contribution in [0, 0.1) is 5.82 Å². The lowest BCUT2D eigenvalue weighted by molar-refractivity contribution is -0.146. The Morgan fingerprint density at radius 2 is 2.00 bits per heavy atom. The molecule has 2 aromatic heterocycles. The molecule has 1 aromatic carbocycles. The van der Waals surface area contributed by atoms with Crippen LogP contribution < -0.4 is 5.32 Å². The van der Waals surface area contributed by atoms with Crippen molar-refractivity contribution >= 4 is 28.9 Å². The van der Waals surface area contributed by atoms with Crippen LogP contribution in [-0.2, 0) is 20.7 Å². The Morgan fingerprint density at radius 3 is 2.73 bits per heavy atom. The Kier molecular flexibility index (Phi) is 5.65. The number of carbonyl (C=O) groups is 2. The highest BCUT2D eigenvalue weighted by atomic mass is 32.1. The van der Waals surface area contributed by atoms with E-state index in [1.165, 1.54) is 35.6 Å². The summed E-state index contributed by atoms with van der Waals surface area (Å²) in [5, 5.41) is 5.04. The summed E-state index contributed by atoms with van der Waals surface area (Å²) in [5.74, 6) is -1.45. The number of rotatable bonds is 6. The average Bonchev–Trinajstić information content (AvgIpc) is 3.11. The van der Waals surface area contributed by atoms with Crippen LogP contribution in [0.3, 0.4) is 0 Å². The van der Waals surface area contributed by atoms with E-state index in [-0.39, 0.29) is 6.42 Å². The maximum atomic E-state index is 12.8. The Bertz CT molecular complexity index is 898. The zero-order valence-electron chi connectivity index (χ0n) is 13.5. The molecule has 0 aliphatic heterocycles. The number of benzene rings is 1. The number of anilines is 1. The van der Waals surface area contributed by atoms with E-state index in [0.717, 1.165) is 10.6 Å². The smallest absolute Gasteiger partial charge is 0.312 e. The number of carbonyl (C=O) groups excluding carboxylic acids is 2. The molecule has 8 heteroatoms. The first kappa shape index (κ1) is 17.7. The van der Waals surface area contributed by atoms with E-state index in [9.17, 15) is 14.0 Å². The second-order valence-corrected chi connectivity index (χ2v) is 6.14. The number of nitrogens with zero attached hydrogens (tertiary/aromatic N) is 2. The number of hydrogen-bond donors (Lipinski definition) is 1. The molecule has 132 valence electrons. The van der Waals surface area contributed by atoms with Crippen LogP contribution in [0.4, 0.5) is 10.1 Å². The normalized spacial score (nSPS) is 10.3. The Labute approximate surface area is 152 Å². The summed E-state index contributed by atoms with van der Waals surface area (Å²) in [6, 6.07) is 8.99. The standard InChI is InChI=1S/C18H14FN3O3S/c19-13-3-5-14(6-4-13)21-16(23)10-25-17(24)8-15-11-26-18(22-15)12-2-1-7-20-9-12/h1-7,9,11H,8,10H2,(H,21,23). The van der Waals surface area contributed by atoms with Gasteiger partial charge in [-0.15, -0.1) is 11.3 Å². The number of pyridine rings is 1. The van der Waals surface area contributed by atoms with Gasteiger partial charge in [0.1, 0.15) is 10.8 Å². The highest BCUT2D eigenvalue weighted by molar-refractivity contribution is 7.13. The van der Waals surface area contributed by atoms with Gasteiger partial charge in [0.15, 0.2) is 6.61 Å². The van der Waals surface area contributed by atoms with E-state index >= 15 is 0 Å². The van der Waals surface area contributed by atoms with Crippen molar-refractivity contribution < 1.29 is 18.7 Å². The number of thiazole rings is 1. The Balaban J connectivity index is 1.47. The van der Waals surface area contributed by atoms with Crippen LogP contribution in [0.5, 0.6) is 0 Å². The van der Waals surface area contributed by atoms with Gasteiger partial charge in [0.25, 0.3) is 5.91 Å². The van der Waals surface area contributed by atoms with Gasteiger partial charge in [-0.2, -0.15) is 0 Å². The van der Waals surface area contributed by atoms with Crippen molar-refractivity contribution in [3.63, 3.8) is 0 Å². The number of hydrogen-bond acceptors (Lipinski definition) is 6. The molecule has 0 saturated carbocycles. The Hall–Kier alpha value is -3.13. The molecule has 0 aliphatic rings. The van der Waals surface area contributed by atoms with Gasteiger partial charge in [0, 0.05) is 29.0 Å². The fourth-order valence-corrected chi connectivity index (χ4v) is 2.90. The molecule has 1 N–H and O–H groups in total. The van der Waals surface area contributed by atoms with Gasteiger partial charge >= 0.3 is 5.97 Å². The van der Waals surface area contributed by atoms with E-state index in [1.807, 2.05) is 12.1 Å². The van der Waals surface area contributed by atoms with E-state index < -0.39 is 24.3 Å². The Morgan fingerprint density at radius 1 is 1.19 bits per heavy atom. The first-order valence-electron chi connectivity index (χ1n) is 7.66. The van der Waals surface area contributed by atoms with Crippen LogP contribution in [0.2, 0.25) is 0 Å². The maximum absolute atomic E-state index is 12.8. The minimum Gasteiger partial charge on any atom is -0.455 e. The molecule has 26 heavy (non-hydrogen) atoms. The van der Waals surface area contributed by atoms with Gasteiger partial charge in [0.05, 0.1) is 12.1 Å². The fourth-order valence-electron chi connectivity index (χ4n) is 2.09. The first-order valence-corrected chi connectivity index (χ1v) is 8.54. The van der Waals surface area contributed by atoms with Crippen molar-refractivity contribution in [2.45, 2.75) is 6.42 Å². The monoisotopic (exact) mass is 371 g/mol. The zero-order chi connectivity index (χ0) is 18.4. The van der Waals surface area contributed by atoms with Crippen molar-refractivity contribution in [1.29, 1.82) is 0 Å². The molecule has 0 unspecified atom stereocenters. The highest BCUT2D eigenvalue weighted by Crippen LogP contribution is 2.22. The average molecular weight is 371 g/mol. The third kappa shape index (κ3) is 4.93. The van der Waals surface area contributed by atoms with Crippen molar-refractivity contribution in [3.05, 3.63) is 65.7 Å². The molecule has 0 atom stereocenters. The summed E-state index contributed by atoms with van der Waals surface area (Å²) in [6.07, 6.45) is 3.34. The molecule has 6 nitrogen and oxygen atoms in total. The molecule has 0 saturated heterocycles. The van der Waals surface area contributed by atoms with Gasteiger partial charge in [-0.1, -0.05) is 0 Å². The van der Waals surface area contributed by atoms with E-state index in [0.29, 0.717) is 11.4 Å². The third-order valence-electron chi connectivity index (χ3n) is 3.28. The van der Waals surface area contributed by atoms with Crippen LogP contribution in [0.15, 0.2) is 54.2 Å². The predicted molar refractivity (Wildman–Crippen MR) is 95.0 cm³/mol. The summed E-state index contributed by atoms with van der Waals surface area (Å²) in [6.45, 7) is -0.421. The SMILES string of the molecule is O=C(COC(=O)Cc1csc(-c2cccnc2)n1)Nc1ccc(F)cc1. The van der Waals surface area contributed by atoms with E-state index in [4.69, 9.17) is 4.74 Å². The largest absolute Gasteiger partial charge is 0.455 e. The quantitative estimate of drug-likeness (QED) is 0.674. The second kappa shape index (κ2) is 8.30. The molecule has 2 heterocycles. The molecule has 0 aliphatic carbocycles. The number of halogens is 1. The van der Waals surface area contributed by atoms with Gasteiger partial charge in [-0.3, -0.25) is 14.6 Å². The molecule has 0 radical (unpaired) electrons. The van der Waals surface area contributed by atoms with Crippen molar-refractivity contribution in [1.82, 2.24) is 9.97 Å². The van der Waals surface area contributed by atoms with E-state index in [2.05, 4.69) is 15.3 Å². The van der Waals surface area contributed by atoms with Gasteiger partial charge in [-0.05, 0) is 36.4 Å². The molecule has 0 bridgehead atoms. The molecule has 0 spiro atoms. The second-order valence-electron chi connectivity index (χ2n) is 5.28. The van der Waals surface area contributed by atoms with Crippen molar-refractivity contribution in [2.24, 2.45) is 0 Å². The maximum Gasteiger partial charge on any atom is 0.312 e. The minimum absolute atomic E-state index is 0.0272. The van der Waals surface area contributed by atoms with Crippen LogP contribution in [0.1, 0.15) is 5.69 Å². The molecule has 3 rings (SSSR count). The lowest BCUT2D eigenvalue weighted by Crippen LogP contribution is -2.21. The van der Waals surface area contributed by atoms with Crippen LogP contribution in [0.25, 0.3) is 10.6 Å². The van der Waals surface area contributed by atoms with E-state index in [1.54, 1.807) is 17.8 Å². The number of ether oxygens (including phenoxy) is 1. The summed E-state index contributed by atoms with van der Waals surface area (Å²) >= 11 is 1.40. The summed E-state index contributed by atoms with van der Waals surface area (Å²) in [5.41, 5.74) is 1.86.